The number of benzene rings is 2. The van der Waals surface area contributed by atoms with Gasteiger partial charge in [0.1, 0.15) is 5.75 Å². The molecule has 1 amide bonds. The first-order valence-electron chi connectivity index (χ1n) is 6.39. The summed E-state index contributed by atoms with van der Waals surface area (Å²) in [4.78, 5) is 16.2. The number of hydrogen-bond donors (Lipinski definition) is 1. The molecule has 0 saturated heterocycles. The first-order valence-corrected chi connectivity index (χ1v) is 6.39. The summed E-state index contributed by atoms with van der Waals surface area (Å²) in [6.07, 6.45) is 0.817. The lowest BCUT2D eigenvalue weighted by atomic mass is 10.2. The van der Waals surface area contributed by atoms with Crippen LogP contribution in [0, 0.1) is 6.92 Å². The Hall–Kier alpha value is -2.82. The van der Waals surface area contributed by atoms with Crippen molar-refractivity contribution in [3.63, 3.8) is 0 Å². The third-order valence-electron chi connectivity index (χ3n) is 2.75. The van der Waals surface area contributed by atoms with Crippen LogP contribution >= 0.6 is 0 Å². The van der Waals surface area contributed by atoms with E-state index in [-0.39, 0.29) is 0 Å². The number of nitrogens with zero attached hydrogens (tertiary/aromatic N) is 1. The Morgan fingerprint density at radius 2 is 1.76 bits per heavy atom. The summed E-state index contributed by atoms with van der Waals surface area (Å²) < 4.78 is 5.05. The van der Waals surface area contributed by atoms with E-state index in [1.54, 1.807) is 31.4 Å². The highest BCUT2D eigenvalue weighted by Crippen LogP contribution is 2.10. The second-order valence-corrected chi connectivity index (χ2v) is 4.38. The molecule has 0 aliphatic heterocycles. The van der Waals surface area contributed by atoms with Gasteiger partial charge in [0.15, 0.2) is 0 Å². The van der Waals surface area contributed by atoms with Gasteiger partial charge in [0.2, 0.25) is 0 Å². The van der Waals surface area contributed by atoms with Crippen LogP contribution in [0.1, 0.15) is 11.1 Å². The Labute approximate surface area is 123 Å². The topological polar surface area (TPSA) is 59.9 Å². The molecule has 2 aromatic carbocycles. The van der Waals surface area contributed by atoms with Crippen LogP contribution in [0.15, 0.2) is 53.7 Å². The standard InChI is InChI=1S/C16H16N2O3/c1-12-3-7-14(8-4-12)18-16(19)21-17-11-13-5-9-15(20-2)10-6-13/h3-11H,1-2H3,(H,18,19)/b17-11-. The van der Waals surface area contributed by atoms with Crippen LogP contribution in [0.2, 0.25) is 0 Å². The van der Waals surface area contributed by atoms with Crippen LogP contribution in [0.5, 0.6) is 5.75 Å². The molecule has 0 fully saturated rings. The zero-order valence-electron chi connectivity index (χ0n) is 11.9. The van der Waals surface area contributed by atoms with Crippen molar-refractivity contribution in [2.75, 3.05) is 12.4 Å². The van der Waals surface area contributed by atoms with E-state index in [4.69, 9.17) is 9.57 Å². The van der Waals surface area contributed by atoms with Gasteiger partial charge in [-0.1, -0.05) is 22.9 Å². The first kappa shape index (κ1) is 14.6. The molecular formula is C16H16N2O3. The van der Waals surface area contributed by atoms with Crippen molar-refractivity contribution in [1.29, 1.82) is 0 Å². The third kappa shape index (κ3) is 4.65. The number of methoxy groups -OCH3 is 1. The summed E-state index contributed by atoms with van der Waals surface area (Å²) in [6.45, 7) is 1.97. The van der Waals surface area contributed by atoms with Gasteiger partial charge in [0.05, 0.1) is 13.3 Å². The molecule has 0 radical (unpaired) electrons. The van der Waals surface area contributed by atoms with Crippen molar-refractivity contribution >= 4 is 18.0 Å². The van der Waals surface area contributed by atoms with E-state index < -0.39 is 6.09 Å². The number of carbonyl (C=O) groups is 1. The van der Waals surface area contributed by atoms with Gasteiger partial charge in [-0.2, -0.15) is 0 Å². The van der Waals surface area contributed by atoms with Crippen LogP contribution in [0.3, 0.4) is 0 Å². The summed E-state index contributed by atoms with van der Waals surface area (Å²) in [7, 11) is 1.60. The largest absolute Gasteiger partial charge is 0.497 e. The predicted molar refractivity (Wildman–Crippen MR) is 81.9 cm³/mol. The molecule has 0 heterocycles. The molecule has 21 heavy (non-hydrogen) atoms. The third-order valence-corrected chi connectivity index (χ3v) is 2.75. The van der Waals surface area contributed by atoms with E-state index >= 15 is 0 Å². The van der Waals surface area contributed by atoms with Gasteiger partial charge in [-0.05, 0) is 48.9 Å². The van der Waals surface area contributed by atoms with E-state index in [1.807, 2.05) is 31.2 Å². The fourth-order valence-electron chi connectivity index (χ4n) is 1.60. The second kappa shape index (κ2) is 7.09. The quantitative estimate of drug-likeness (QED) is 0.530. The highest BCUT2D eigenvalue weighted by atomic mass is 16.7. The van der Waals surface area contributed by atoms with E-state index in [2.05, 4.69) is 10.5 Å². The number of nitrogens with one attached hydrogen (secondary N) is 1. The lowest BCUT2D eigenvalue weighted by molar-refractivity contribution is 0.167. The van der Waals surface area contributed by atoms with Crippen molar-refractivity contribution < 1.29 is 14.4 Å². The molecule has 108 valence electrons. The minimum Gasteiger partial charge on any atom is -0.497 e. The molecule has 0 saturated carbocycles. The van der Waals surface area contributed by atoms with Crippen LogP contribution in [0.25, 0.3) is 0 Å². The van der Waals surface area contributed by atoms with E-state index in [0.717, 1.165) is 16.9 Å². The van der Waals surface area contributed by atoms with Gasteiger partial charge in [-0.15, -0.1) is 0 Å². The maximum atomic E-state index is 11.5. The normalized spacial score (nSPS) is 10.4. The zero-order chi connectivity index (χ0) is 15.1. The maximum Gasteiger partial charge on any atom is 0.437 e. The average Bonchev–Trinajstić information content (AvgIpc) is 2.50. The van der Waals surface area contributed by atoms with Crippen LogP contribution in [-0.4, -0.2) is 19.4 Å². The van der Waals surface area contributed by atoms with Crippen molar-refractivity contribution in [3.8, 4) is 5.75 Å². The maximum absolute atomic E-state index is 11.5. The van der Waals surface area contributed by atoms with Crippen LogP contribution in [-0.2, 0) is 4.84 Å². The minimum atomic E-state index is -0.636. The molecule has 0 aromatic heterocycles. The van der Waals surface area contributed by atoms with Crippen molar-refractivity contribution in [2.24, 2.45) is 5.16 Å². The molecule has 5 heteroatoms. The van der Waals surface area contributed by atoms with Crippen LogP contribution in [0.4, 0.5) is 10.5 Å². The zero-order valence-corrected chi connectivity index (χ0v) is 11.9. The van der Waals surface area contributed by atoms with E-state index in [9.17, 15) is 4.79 Å². The molecule has 0 aliphatic carbocycles. The Morgan fingerprint density at radius 1 is 1.10 bits per heavy atom. The number of carbonyl (C=O) groups excluding carboxylic acids is 1. The molecule has 2 rings (SSSR count). The molecule has 1 N–H and O–H groups in total. The molecule has 0 spiro atoms. The van der Waals surface area contributed by atoms with E-state index in [0.29, 0.717) is 5.69 Å². The highest BCUT2D eigenvalue weighted by molar-refractivity contribution is 5.85. The predicted octanol–water partition coefficient (Wildman–Crippen LogP) is 3.59. The van der Waals surface area contributed by atoms with Gasteiger partial charge < -0.3 is 4.74 Å². The fraction of sp³-hybridized carbons (Fsp3) is 0.125. The summed E-state index contributed by atoms with van der Waals surface area (Å²) in [5.41, 5.74) is 2.58. The lowest BCUT2D eigenvalue weighted by Gasteiger charge is -2.02. The molecule has 0 bridgehead atoms. The summed E-state index contributed by atoms with van der Waals surface area (Å²) in [5.74, 6) is 0.755. The molecule has 0 aliphatic rings. The monoisotopic (exact) mass is 284 g/mol. The first-order chi connectivity index (χ1) is 10.2. The molecule has 2 aromatic rings. The number of ether oxygens (including phenoxy) is 1. The summed E-state index contributed by atoms with van der Waals surface area (Å²) in [5, 5.41) is 6.21. The van der Waals surface area contributed by atoms with Gasteiger partial charge >= 0.3 is 6.09 Å². The van der Waals surface area contributed by atoms with Crippen molar-refractivity contribution in [1.82, 2.24) is 0 Å². The average molecular weight is 284 g/mol. The molecule has 0 unspecified atom stereocenters. The number of oxime groups is 1. The number of hydrogen-bond acceptors (Lipinski definition) is 4. The second-order valence-electron chi connectivity index (χ2n) is 4.38. The molecule has 0 atom stereocenters. The summed E-state index contributed by atoms with van der Waals surface area (Å²) in [6, 6.07) is 14.6. The number of rotatable bonds is 4. The van der Waals surface area contributed by atoms with Gasteiger partial charge in [-0.3, -0.25) is 10.2 Å². The highest BCUT2D eigenvalue weighted by Gasteiger charge is 2.01. The minimum absolute atomic E-state index is 0.636. The Bertz CT molecular complexity index is 619. The lowest BCUT2D eigenvalue weighted by Crippen LogP contribution is -2.10. The summed E-state index contributed by atoms with van der Waals surface area (Å²) >= 11 is 0. The van der Waals surface area contributed by atoms with Crippen LogP contribution < -0.4 is 10.1 Å². The van der Waals surface area contributed by atoms with Crippen molar-refractivity contribution in [2.45, 2.75) is 6.92 Å². The van der Waals surface area contributed by atoms with Gasteiger partial charge in [0.25, 0.3) is 0 Å². The molecular weight excluding hydrogens is 268 g/mol. The van der Waals surface area contributed by atoms with Gasteiger partial charge in [0, 0.05) is 5.69 Å². The van der Waals surface area contributed by atoms with Gasteiger partial charge in [-0.25, -0.2) is 4.79 Å². The molecule has 5 nitrogen and oxygen atoms in total. The number of aryl methyl sites for hydroxylation is 1. The van der Waals surface area contributed by atoms with Crippen molar-refractivity contribution in [3.05, 3.63) is 59.7 Å². The Morgan fingerprint density at radius 3 is 2.38 bits per heavy atom. The Balaban J connectivity index is 1.85. The smallest absolute Gasteiger partial charge is 0.437 e. The number of anilines is 1. The fourth-order valence-corrected chi connectivity index (χ4v) is 1.60. The van der Waals surface area contributed by atoms with E-state index in [1.165, 1.54) is 6.21 Å². The number of amides is 1. The Kier molecular flexibility index (Phi) is 4.93. The SMILES string of the molecule is COc1ccc(/C=N\OC(=O)Nc2ccc(C)cc2)cc1.